The molecule has 0 amide bonds. The number of benzene rings is 1. The van der Waals surface area contributed by atoms with Gasteiger partial charge in [-0.05, 0) is 25.0 Å². The third-order valence-corrected chi connectivity index (χ3v) is 3.18. The van der Waals surface area contributed by atoms with Gasteiger partial charge in [-0.3, -0.25) is 0 Å². The fraction of sp³-hybridized carbons (Fsp3) is 0.600. The van der Waals surface area contributed by atoms with E-state index in [2.05, 4.69) is 0 Å². The van der Waals surface area contributed by atoms with Gasteiger partial charge < -0.3 is 19.3 Å². The molecule has 19 heavy (non-hydrogen) atoms. The van der Waals surface area contributed by atoms with Crippen LogP contribution in [0, 0.1) is 0 Å². The molecule has 0 aromatic heterocycles. The Bertz CT molecular complexity index is 335. The molecule has 1 saturated carbocycles. The number of aliphatic hydroxyl groups excluding tert-OH is 1. The van der Waals surface area contributed by atoms with Gasteiger partial charge in [0.15, 0.2) is 0 Å². The first-order valence-corrected chi connectivity index (χ1v) is 6.98. The Balaban J connectivity index is 1.87. The van der Waals surface area contributed by atoms with Gasteiger partial charge in [-0.15, -0.1) is 0 Å². The van der Waals surface area contributed by atoms with E-state index in [-0.39, 0.29) is 19.3 Å². The number of hydrogen-bond donors (Lipinski definition) is 1. The van der Waals surface area contributed by atoms with E-state index in [1.165, 1.54) is 19.3 Å². The van der Waals surface area contributed by atoms with Crippen LogP contribution in [-0.2, 0) is 9.47 Å². The molecule has 1 aliphatic carbocycles. The summed E-state index contributed by atoms with van der Waals surface area (Å²) in [7, 11) is 0. The minimum atomic E-state index is -0.738. The Morgan fingerprint density at radius 3 is 2.53 bits per heavy atom. The highest BCUT2D eigenvalue weighted by Gasteiger charge is 2.20. The maximum absolute atomic E-state index is 8.85. The van der Waals surface area contributed by atoms with Crippen molar-refractivity contribution in [3.8, 4) is 5.75 Å². The molecule has 0 spiro atoms. The zero-order valence-corrected chi connectivity index (χ0v) is 11.2. The van der Waals surface area contributed by atoms with E-state index in [1.54, 1.807) is 0 Å². The van der Waals surface area contributed by atoms with Crippen LogP contribution in [0.3, 0.4) is 0 Å². The zero-order chi connectivity index (χ0) is 13.3. The van der Waals surface area contributed by atoms with Crippen LogP contribution in [-0.4, -0.2) is 30.9 Å². The Labute approximate surface area is 114 Å². The van der Waals surface area contributed by atoms with Crippen LogP contribution >= 0.6 is 0 Å². The zero-order valence-electron chi connectivity index (χ0n) is 11.2. The highest BCUT2D eigenvalue weighted by Crippen LogP contribution is 2.23. The van der Waals surface area contributed by atoms with E-state index in [0.717, 1.165) is 12.8 Å². The summed E-state index contributed by atoms with van der Waals surface area (Å²) < 4.78 is 16.9. The monoisotopic (exact) mass is 266 g/mol. The smallest absolute Gasteiger partial charge is 0.316 e. The Morgan fingerprint density at radius 2 is 1.84 bits per heavy atom. The normalized spacial score (nSPS) is 18.2. The van der Waals surface area contributed by atoms with Crippen molar-refractivity contribution in [2.75, 3.05) is 13.2 Å². The Hall–Kier alpha value is -1.10. The van der Waals surface area contributed by atoms with Crippen LogP contribution in [0.15, 0.2) is 30.3 Å². The lowest BCUT2D eigenvalue weighted by Crippen LogP contribution is -2.31. The lowest BCUT2D eigenvalue weighted by atomic mass is 9.98. The van der Waals surface area contributed by atoms with Crippen molar-refractivity contribution >= 4 is 0 Å². The fourth-order valence-corrected chi connectivity index (χ4v) is 2.22. The first kappa shape index (κ1) is 14.3. The van der Waals surface area contributed by atoms with Crippen molar-refractivity contribution in [2.45, 2.75) is 44.7 Å². The maximum atomic E-state index is 8.85. The van der Waals surface area contributed by atoms with Crippen molar-refractivity contribution in [2.24, 2.45) is 0 Å². The minimum absolute atomic E-state index is 0.0390. The van der Waals surface area contributed by atoms with Crippen molar-refractivity contribution in [1.29, 1.82) is 0 Å². The van der Waals surface area contributed by atoms with Crippen molar-refractivity contribution in [3.63, 3.8) is 0 Å². The Morgan fingerprint density at radius 1 is 1.11 bits per heavy atom. The molecule has 1 aromatic carbocycles. The average molecular weight is 266 g/mol. The van der Waals surface area contributed by atoms with E-state index in [1.807, 2.05) is 30.3 Å². The molecule has 0 bridgehead atoms. The predicted octanol–water partition coefficient (Wildman–Crippen LogP) is 2.71. The standard InChI is InChI=1S/C15H22O4/c16-11-12-17-15(18-13-7-3-1-4-8-13)19-14-9-5-2-6-10-14/h1,3-4,7-8,14-16H,2,5-6,9-12H2/t15-/m0/s1. The number of aliphatic hydroxyl groups is 1. The molecular formula is C15H22O4. The number of rotatable bonds is 7. The summed E-state index contributed by atoms with van der Waals surface area (Å²) >= 11 is 0. The molecule has 0 aliphatic heterocycles. The van der Waals surface area contributed by atoms with E-state index in [9.17, 15) is 0 Å². The highest BCUT2D eigenvalue weighted by molar-refractivity contribution is 5.20. The molecule has 4 heteroatoms. The second kappa shape index (κ2) is 8.15. The summed E-state index contributed by atoms with van der Waals surface area (Å²) in [5, 5.41) is 8.85. The molecule has 106 valence electrons. The molecule has 1 fully saturated rings. The van der Waals surface area contributed by atoms with Gasteiger partial charge in [-0.2, -0.15) is 0 Å². The van der Waals surface area contributed by atoms with Crippen LogP contribution < -0.4 is 4.74 Å². The topological polar surface area (TPSA) is 47.9 Å². The van der Waals surface area contributed by atoms with Gasteiger partial charge in [-0.25, -0.2) is 0 Å². The molecule has 0 unspecified atom stereocenters. The second-order valence-corrected chi connectivity index (χ2v) is 4.71. The molecular weight excluding hydrogens is 244 g/mol. The molecule has 2 rings (SSSR count). The van der Waals surface area contributed by atoms with E-state index >= 15 is 0 Å². The molecule has 0 saturated heterocycles. The van der Waals surface area contributed by atoms with Crippen LogP contribution in [0.2, 0.25) is 0 Å². The van der Waals surface area contributed by atoms with Gasteiger partial charge in [0, 0.05) is 0 Å². The quantitative estimate of drug-likeness (QED) is 0.771. The molecule has 1 N–H and O–H groups in total. The van der Waals surface area contributed by atoms with Gasteiger partial charge in [0.1, 0.15) is 5.75 Å². The summed E-state index contributed by atoms with van der Waals surface area (Å²) in [6.45, 7) is -0.565. The minimum Gasteiger partial charge on any atom is -0.441 e. The van der Waals surface area contributed by atoms with Gasteiger partial charge in [0.25, 0.3) is 0 Å². The molecule has 1 aromatic rings. The molecule has 4 nitrogen and oxygen atoms in total. The third kappa shape index (κ3) is 5.19. The van der Waals surface area contributed by atoms with E-state index < -0.39 is 6.48 Å². The van der Waals surface area contributed by atoms with Gasteiger partial charge >= 0.3 is 6.48 Å². The first-order valence-electron chi connectivity index (χ1n) is 6.98. The van der Waals surface area contributed by atoms with Crippen molar-refractivity contribution < 1.29 is 19.3 Å². The molecule has 0 radical (unpaired) electrons. The SMILES string of the molecule is OCCO[C@@H](Oc1ccccc1)OC1CCCCC1. The van der Waals surface area contributed by atoms with Crippen LogP contribution in [0.4, 0.5) is 0 Å². The lowest BCUT2D eigenvalue weighted by molar-refractivity contribution is -0.271. The van der Waals surface area contributed by atoms with Gasteiger partial charge in [-0.1, -0.05) is 37.5 Å². The van der Waals surface area contributed by atoms with Crippen LogP contribution in [0.5, 0.6) is 5.75 Å². The molecule has 1 aliphatic rings. The summed E-state index contributed by atoms with van der Waals surface area (Å²) in [4.78, 5) is 0. The van der Waals surface area contributed by atoms with Crippen molar-refractivity contribution in [1.82, 2.24) is 0 Å². The predicted molar refractivity (Wildman–Crippen MR) is 71.9 cm³/mol. The summed E-state index contributed by atoms with van der Waals surface area (Å²) in [5.41, 5.74) is 0. The fourth-order valence-electron chi connectivity index (χ4n) is 2.22. The summed E-state index contributed by atoms with van der Waals surface area (Å²) in [6.07, 6.45) is 5.97. The van der Waals surface area contributed by atoms with E-state index in [0.29, 0.717) is 5.75 Å². The lowest BCUT2D eigenvalue weighted by Gasteiger charge is -2.27. The highest BCUT2D eigenvalue weighted by atomic mass is 16.8. The van der Waals surface area contributed by atoms with E-state index in [4.69, 9.17) is 19.3 Å². The van der Waals surface area contributed by atoms with Crippen LogP contribution in [0.25, 0.3) is 0 Å². The van der Waals surface area contributed by atoms with Crippen LogP contribution in [0.1, 0.15) is 32.1 Å². The molecule has 1 atom stereocenters. The second-order valence-electron chi connectivity index (χ2n) is 4.71. The largest absolute Gasteiger partial charge is 0.441 e. The van der Waals surface area contributed by atoms with Gasteiger partial charge in [0.05, 0.1) is 19.3 Å². The Kier molecular flexibility index (Phi) is 6.14. The third-order valence-electron chi connectivity index (χ3n) is 3.18. The summed E-state index contributed by atoms with van der Waals surface area (Å²) in [6, 6.07) is 9.45. The summed E-state index contributed by atoms with van der Waals surface area (Å²) in [5.74, 6) is 0.709. The first-order chi connectivity index (χ1) is 9.38. The number of para-hydroxylation sites is 1. The number of hydrogen-bond acceptors (Lipinski definition) is 4. The molecule has 0 heterocycles. The van der Waals surface area contributed by atoms with Crippen molar-refractivity contribution in [3.05, 3.63) is 30.3 Å². The maximum Gasteiger partial charge on any atom is 0.316 e. The number of ether oxygens (including phenoxy) is 3. The van der Waals surface area contributed by atoms with Gasteiger partial charge in [0.2, 0.25) is 0 Å². The average Bonchev–Trinajstić information content (AvgIpc) is 2.47.